The summed E-state index contributed by atoms with van der Waals surface area (Å²) < 4.78 is 0. The molecule has 0 unspecified atom stereocenters. The van der Waals surface area contributed by atoms with E-state index in [0.29, 0.717) is 0 Å². The fourth-order valence-electron chi connectivity index (χ4n) is 1.05. The van der Waals surface area contributed by atoms with Gasteiger partial charge in [0.1, 0.15) is 0 Å². The van der Waals surface area contributed by atoms with Crippen LogP contribution in [0.2, 0.25) is 25.7 Å². The molecule has 0 radical (unpaired) electrons. The summed E-state index contributed by atoms with van der Waals surface area (Å²) in [6.07, 6.45) is 5.62. The van der Waals surface area contributed by atoms with Gasteiger partial charge in [0.05, 0.1) is 14.5 Å². The first-order valence-electron chi connectivity index (χ1n) is 5.97. The van der Waals surface area contributed by atoms with Crippen LogP contribution in [0.25, 0.3) is 0 Å². The molecule has 0 spiro atoms. The number of unbranched alkanes of at least 4 members (excludes halogenated alkanes) is 3. The Morgan fingerprint density at radius 1 is 0.867 bits per heavy atom. The lowest BCUT2D eigenvalue weighted by Gasteiger charge is -2.09. The van der Waals surface area contributed by atoms with Crippen molar-refractivity contribution in [1.82, 2.24) is 0 Å². The highest BCUT2D eigenvalue weighted by Gasteiger charge is 2.09. The summed E-state index contributed by atoms with van der Waals surface area (Å²) in [7, 11) is -0.965. The molecule has 0 saturated heterocycles. The van der Waals surface area contributed by atoms with E-state index in [1.165, 1.54) is 19.3 Å². The second-order valence-electron chi connectivity index (χ2n) is 5.08. The summed E-state index contributed by atoms with van der Waals surface area (Å²) in [6.45, 7) is 9.25. The molecule has 0 amide bonds. The van der Waals surface area contributed by atoms with Crippen LogP contribution in [0.1, 0.15) is 39.0 Å². The summed E-state index contributed by atoms with van der Waals surface area (Å²) >= 11 is 0. The van der Waals surface area contributed by atoms with Gasteiger partial charge in [0, 0.05) is 12.5 Å². The third-order valence-electron chi connectivity index (χ3n) is 1.95. The smallest absolute Gasteiger partial charge is 0.0702 e. The minimum atomic E-state index is -0.965. The first kappa shape index (κ1) is 14.3. The van der Waals surface area contributed by atoms with Crippen molar-refractivity contribution in [3.63, 3.8) is 0 Å². The third-order valence-corrected chi connectivity index (χ3v) is 3.19. The Labute approximate surface area is 96.9 Å². The molecule has 0 heterocycles. The Kier molecular flexibility index (Phi) is 8.25. The minimum absolute atomic E-state index is 0.761. The van der Waals surface area contributed by atoms with Crippen molar-refractivity contribution in [2.24, 2.45) is 0 Å². The van der Waals surface area contributed by atoms with Gasteiger partial charge in [0.2, 0.25) is 0 Å². The van der Waals surface area contributed by atoms with E-state index in [1.54, 1.807) is 0 Å². The molecule has 0 rings (SSSR count). The van der Waals surface area contributed by atoms with Crippen LogP contribution in [0.4, 0.5) is 0 Å². The molecule has 0 aromatic heterocycles. The monoisotopic (exact) mass is 220 g/mol. The van der Waals surface area contributed by atoms with E-state index in [1.807, 2.05) is 0 Å². The van der Waals surface area contributed by atoms with Crippen molar-refractivity contribution in [1.29, 1.82) is 0 Å². The molecule has 15 heavy (non-hydrogen) atoms. The molecule has 1 heteroatoms. The van der Waals surface area contributed by atoms with Crippen molar-refractivity contribution < 1.29 is 0 Å². The fourth-order valence-corrected chi connectivity index (χ4v) is 1.70. The standard InChI is InChI=1S/C14H24Si/c1-5-6-7-8-9-10-11-12-13-14-15(2,3)4/h5-8,11,14H2,1-4H3. The molecule has 0 nitrogen and oxygen atoms in total. The van der Waals surface area contributed by atoms with Crippen molar-refractivity contribution in [3.05, 3.63) is 0 Å². The van der Waals surface area contributed by atoms with Crippen LogP contribution in [0.3, 0.4) is 0 Å². The lowest BCUT2D eigenvalue weighted by molar-refractivity contribution is 0.737. The zero-order chi connectivity index (χ0) is 11.6. The predicted molar refractivity (Wildman–Crippen MR) is 72.5 cm³/mol. The zero-order valence-electron chi connectivity index (χ0n) is 10.7. The van der Waals surface area contributed by atoms with Gasteiger partial charge in [-0.3, -0.25) is 0 Å². The van der Waals surface area contributed by atoms with Gasteiger partial charge in [-0.15, -0.1) is 11.8 Å². The highest BCUT2D eigenvalue weighted by Crippen LogP contribution is 2.05. The zero-order valence-corrected chi connectivity index (χ0v) is 11.7. The van der Waals surface area contributed by atoms with Gasteiger partial charge in [-0.25, -0.2) is 0 Å². The number of hydrogen-bond donors (Lipinski definition) is 0. The van der Waals surface area contributed by atoms with E-state index in [2.05, 4.69) is 50.2 Å². The van der Waals surface area contributed by atoms with Crippen molar-refractivity contribution in [2.75, 3.05) is 0 Å². The second-order valence-corrected chi connectivity index (χ2v) is 10.6. The molecule has 0 fully saturated rings. The molecule has 0 aliphatic carbocycles. The Balaban J connectivity index is 3.51. The van der Waals surface area contributed by atoms with Gasteiger partial charge < -0.3 is 0 Å². The molecule has 0 atom stereocenters. The molecule has 0 bridgehead atoms. The Morgan fingerprint density at radius 2 is 1.53 bits per heavy atom. The number of hydrogen-bond acceptors (Lipinski definition) is 0. The van der Waals surface area contributed by atoms with Gasteiger partial charge in [-0.1, -0.05) is 51.2 Å². The molecule has 0 saturated carbocycles. The molecule has 0 aromatic carbocycles. The summed E-state index contributed by atoms with van der Waals surface area (Å²) in [5, 5.41) is 0. The fraction of sp³-hybridized carbons (Fsp3) is 0.714. The van der Waals surface area contributed by atoms with Crippen molar-refractivity contribution in [2.45, 2.75) is 64.7 Å². The Hall–Kier alpha value is -0.663. The van der Waals surface area contributed by atoms with Crippen LogP contribution in [-0.4, -0.2) is 8.07 Å². The van der Waals surface area contributed by atoms with E-state index >= 15 is 0 Å². The molecule has 0 aromatic rings. The van der Waals surface area contributed by atoms with Crippen LogP contribution in [0.5, 0.6) is 0 Å². The minimum Gasteiger partial charge on any atom is -0.105 e. The SMILES string of the molecule is CCCCCC#CCC#CC[Si](C)(C)C. The van der Waals surface area contributed by atoms with Gasteiger partial charge in [0.15, 0.2) is 0 Å². The lowest BCUT2D eigenvalue weighted by Crippen LogP contribution is -2.17. The largest absolute Gasteiger partial charge is 0.105 e. The van der Waals surface area contributed by atoms with Gasteiger partial charge in [-0.2, -0.15) is 0 Å². The highest BCUT2D eigenvalue weighted by atomic mass is 28.3. The Morgan fingerprint density at radius 3 is 2.13 bits per heavy atom. The summed E-state index contributed by atoms with van der Waals surface area (Å²) in [5.74, 6) is 12.7. The van der Waals surface area contributed by atoms with Gasteiger partial charge >= 0.3 is 0 Å². The predicted octanol–water partition coefficient (Wildman–Crippen LogP) is 4.30. The lowest BCUT2D eigenvalue weighted by atomic mass is 10.2. The quantitative estimate of drug-likeness (QED) is 0.376. The van der Waals surface area contributed by atoms with E-state index < -0.39 is 8.07 Å². The van der Waals surface area contributed by atoms with E-state index in [9.17, 15) is 0 Å². The molecule has 0 aliphatic rings. The molecule has 0 N–H and O–H groups in total. The van der Waals surface area contributed by atoms with Crippen LogP contribution in [0.15, 0.2) is 0 Å². The topological polar surface area (TPSA) is 0 Å². The van der Waals surface area contributed by atoms with Crippen molar-refractivity contribution in [3.8, 4) is 23.7 Å². The maximum Gasteiger partial charge on any atom is 0.0702 e. The molecular formula is C14H24Si. The summed E-state index contributed by atoms with van der Waals surface area (Å²) in [4.78, 5) is 0. The molecule has 0 aliphatic heterocycles. The van der Waals surface area contributed by atoms with Crippen molar-refractivity contribution >= 4 is 8.07 Å². The number of rotatable bonds is 4. The van der Waals surface area contributed by atoms with Crippen LogP contribution < -0.4 is 0 Å². The van der Waals surface area contributed by atoms with E-state index in [-0.39, 0.29) is 0 Å². The molecular weight excluding hydrogens is 196 g/mol. The van der Waals surface area contributed by atoms with Crippen LogP contribution in [0, 0.1) is 23.7 Å². The maximum absolute atomic E-state index is 3.24. The summed E-state index contributed by atoms with van der Waals surface area (Å²) in [6, 6.07) is 1.10. The average molecular weight is 220 g/mol. The van der Waals surface area contributed by atoms with Gasteiger partial charge in [-0.05, 0) is 6.42 Å². The van der Waals surface area contributed by atoms with Gasteiger partial charge in [0.25, 0.3) is 0 Å². The molecule has 84 valence electrons. The first-order chi connectivity index (χ1) is 7.06. The first-order valence-corrected chi connectivity index (χ1v) is 9.68. The third kappa shape index (κ3) is 13.3. The van der Waals surface area contributed by atoms with Crippen LogP contribution >= 0.6 is 0 Å². The summed E-state index contributed by atoms with van der Waals surface area (Å²) in [5.41, 5.74) is 0. The average Bonchev–Trinajstić information content (AvgIpc) is 2.14. The van der Waals surface area contributed by atoms with E-state index in [4.69, 9.17) is 0 Å². The maximum atomic E-state index is 3.24. The Bertz CT molecular complexity index is 262. The second kappa shape index (κ2) is 8.63. The van der Waals surface area contributed by atoms with E-state index in [0.717, 1.165) is 18.9 Å². The highest BCUT2D eigenvalue weighted by molar-refractivity contribution is 6.76. The van der Waals surface area contributed by atoms with Crippen LogP contribution in [-0.2, 0) is 0 Å². The normalized spacial score (nSPS) is 9.87.